The summed E-state index contributed by atoms with van der Waals surface area (Å²) in [4.78, 5) is 0. The van der Waals surface area contributed by atoms with E-state index < -0.39 is 0 Å². The molecule has 2 aromatic rings. The van der Waals surface area contributed by atoms with Crippen LogP contribution in [0.15, 0.2) is 72.8 Å². The van der Waals surface area contributed by atoms with Gasteiger partial charge in [0.2, 0.25) is 0 Å². The molecule has 2 aliphatic rings. The maximum Gasteiger partial charge on any atom is -1.00 e. The third kappa shape index (κ3) is 11.3. The van der Waals surface area contributed by atoms with Gasteiger partial charge >= 0.3 is 41.6 Å². The molecule has 0 nitrogen and oxygen atoms in total. The molecule has 0 radical (unpaired) electrons. The molecule has 168 valence electrons. The zero-order chi connectivity index (χ0) is 21.8. The van der Waals surface area contributed by atoms with Gasteiger partial charge in [0.25, 0.3) is 0 Å². The van der Waals surface area contributed by atoms with Gasteiger partial charge in [-0.15, -0.1) is 47.5 Å². The summed E-state index contributed by atoms with van der Waals surface area (Å²) in [6.07, 6.45) is 19.4. The number of halogens is 2. The fourth-order valence-corrected chi connectivity index (χ4v) is 3.12. The van der Waals surface area contributed by atoms with Gasteiger partial charge in [0, 0.05) is 0 Å². The smallest absolute Gasteiger partial charge is 1.00 e. The fraction of sp³-hybridized carbons (Fsp3) is 0.286. The minimum atomic E-state index is 0. The van der Waals surface area contributed by atoms with Crippen molar-refractivity contribution in [3.05, 3.63) is 107 Å². The minimum absolute atomic E-state index is 0. The summed E-state index contributed by atoms with van der Waals surface area (Å²) < 4.78 is 0. The van der Waals surface area contributed by atoms with E-state index in [1.165, 1.54) is 56.4 Å². The van der Waals surface area contributed by atoms with E-state index >= 15 is 0 Å². The molecule has 0 saturated heterocycles. The van der Waals surface area contributed by atoms with E-state index in [1.54, 1.807) is 0 Å². The molecule has 0 atom stereocenters. The van der Waals surface area contributed by atoms with Gasteiger partial charge in [-0.2, -0.15) is 35.5 Å². The zero-order valence-electron chi connectivity index (χ0n) is 19.5. The molecule has 0 fully saturated rings. The van der Waals surface area contributed by atoms with Crippen LogP contribution in [0.4, 0.5) is 0 Å². The van der Waals surface area contributed by atoms with Crippen molar-refractivity contribution in [2.75, 3.05) is 0 Å². The SMILES string of the molecule is CCc1cccc(C2=[C-]CC=C2)c1.CCc1cccc(C2=[C-]CC=C2)c1.C[Si](C)=[Hf+2].[Cl-].[Cl-]. The van der Waals surface area contributed by atoms with Crippen LogP contribution in [-0.2, 0) is 35.8 Å². The van der Waals surface area contributed by atoms with Gasteiger partial charge in [-0.3, -0.25) is 0 Å². The van der Waals surface area contributed by atoms with Crippen molar-refractivity contribution in [1.82, 2.24) is 0 Å². The number of allylic oxidation sites excluding steroid dienone is 8. The van der Waals surface area contributed by atoms with Gasteiger partial charge < -0.3 is 24.8 Å². The van der Waals surface area contributed by atoms with E-state index in [2.05, 4.69) is 112 Å². The van der Waals surface area contributed by atoms with Crippen molar-refractivity contribution in [2.45, 2.75) is 52.6 Å². The standard InChI is InChI=1S/2C13H13.C2H6Si.2ClH.Hf/c2*1-2-11-6-5-9-13(10-11)12-7-3-4-8-12;1-3-2;;;/h2*3,5-7,9-10H,2,4H2,1H3;1-2H3;2*1H;/q2*-1;;;;+2/p-2. The van der Waals surface area contributed by atoms with Gasteiger partial charge in [0.15, 0.2) is 0 Å². The first kappa shape index (κ1) is 31.1. The molecule has 0 spiro atoms. The van der Waals surface area contributed by atoms with Crippen LogP contribution in [0, 0.1) is 12.2 Å². The molecule has 4 heteroatoms. The van der Waals surface area contributed by atoms with Crippen LogP contribution in [0.25, 0.3) is 11.1 Å². The summed E-state index contributed by atoms with van der Waals surface area (Å²) in [7, 11) is 0. The Labute approximate surface area is 222 Å². The average Bonchev–Trinajstić information content (AvgIpc) is 3.48. The fourth-order valence-electron chi connectivity index (χ4n) is 3.12. The van der Waals surface area contributed by atoms with Crippen molar-refractivity contribution in [3.8, 4) is 0 Å². The van der Waals surface area contributed by atoms with Gasteiger partial charge in [-0.25, -0.2) is 0 Å². The van der Waals surface area contributed by atoms with Crippen LogP contribution < -0.4 is 24.8 Å². The maximum absolute atomic E-state index is 3.33. The second kappa shape index (κ2) is 17.5. The first-order chi connectivity index (χ1) is 14.5. The monoisotopic (exact) mass is 646 g/mol. The molecule has 0 aromatic heterocycles. The third-order valence-corrected chi connectivity index (χ3v) is 4.68. The molecule has 2 aliphatic carbocycles. The molecule has 0 aliphatic heterocycles. The van der Waals surface area contributed by atoms with Crippen LogP contribution in [0.1, 0.15) is 48.9 Å². The molecule has 2 aromatic carbocycles. The number of hydrogen-bond donors (Lipinski definition) is 0. The molecule has 32 heavy (non-hydrogen) atoms. The number of rotatable bonds is 4. The Kier molecular flexibility index (Phi) is 17.0. The van der Waals surface area contributed by atoms with Gasteiger partial charge in [0.05, 0.1) is 0 Å². The molecule has 0 N–H and O–H groups in total. The Morgan fingerprint density at radius 1 is 0.750 bits per heavy atom. The summed E-state index contributed by atoms with van der Waals surface area (Å²) in [6, 6.07) is 17.4. The Hall–Kier alpha value is -0.933. The van der Waals surface area contributed by atoms with E-state index in [0.29, 0.717) is 0 Å². The van der Waals surface area contributed by atoms with Crippen LogP contribution in [0.3, 0.4) is 0 Å². The van der Waals surface area contributed by atoms with E-state index in [1.807, 2.05) is 0 Å². The third-order valence-electron chi connectivity index (χ3n) is 4.68. The second-order valence-corrected chi connectivity index (χ2v) is 20.3. The summed E-state index contributed by atoms with van der Waals surface area (Å²) >= 11 is 1.45. The first-order valence-electron chi connectivity index (χ1n) is 10.8. The topological polar surface area (TPSA) is 0 Å². The normalized spacial score (nSPS) is 12.8. The minimum Gasteiger partial charge on any atom is -1.00 e. The van der Waals surface area contributed by atoms with Crippen molar-refractivity contribution < 1.29 is 47.8 Å². The average molecular weight is 646 g/mol. The Morgan fingerprint density at radius 3 is 1.41 bits per heavy atom. The van der Waals surface area contributed by atoms with Crippen LogP contribution in [-0.4, -0.2) is 5.49 Å². The van der Waals surface area contributed by atoms with Crippen molar-refractivity contribution in [3.63, 3.8) is 0 Å². The molecule has 4 rings (SSSR count). The molecule has 0 amide bonds. The molecule has 0 saturated carbocycles. The number of benzene rings is 2. The Bertz CT molecular complexity index is 893. The maximum atomic E-state index is 3.33. The van der Waals surface area contributed by atoms with E-state index in [-0.39, 0.29) is 30.3 Å². The molecule has 0 unspecified atom stereocenters. The van der Waals surface area contributed by atoms with Gasteiger partial charge in [0.1, 0.15) is 0 Å². The van der Waals surface area contributed by atoms with Gasteiger partial charge in [-0.1, -0.05) is 62.1 Å². The van der Waals surface area contributed by atoms with Crippen molar-refractivity contribution in [1.29, 1.82) is 0 Å². The molecule has 0 heterocycles. The summed E-state index contributed by atoms with van der Waals surface area (Å²) in [6.45, 7) is 9.02. The molecular formula is C28H32Cl2HfSi-2. The van der Waals surface area contributed by atoms with E-state index in [0.717, 1.165) is 25.7 Å². The Morgan fingerprint density at radius 2 is 1.12 bits per heavy atom. The number of aryl methyl sites for hydroxylation is 2. The van der Waals surface area contributed by atoms with Crippen LogP contribution in [0.2, 0.25) is 13.1 Å². The first-order valence-corrected chi connectivity index (χ1v) is 18.7. The van der Waals surface area contributed by atoms with Crippen molar-refractivity contribution in [2.24, 2.45) is 0 Å². The summed E-state index contributed by atoms with van der Waals surface area (Å²) in [5, 5.41) is 0. The van der Waals surface area contributed by atoms with Gasteiger partial charge in [-0.05, 0) is 12.8 Å². The quantitative estimate of drug-likeness (QED) is 0.350. The van der Waals surface area contributed by atoms with Crippen molar-refractivity contribution >= 4 is 16.6 Å². The molecular weight excluding hydrogens is 614 g/mol. The predicted molar refractivity (Wildman–Crippen MR) is 130 cm³/mol. The van der Waals surface area contributed by atoms with Crippen LogP contribution in [0.5, 0.6) is 0 Å². The van der Waals surface area contributed by atoms with Crippen LogP contribution >= 0.6 is 0 Å². The largest absolute Gasteiger partial charge is 1.00 e. The summed E-state index contributed by atoms with van der Waals surface area (Å²) in [5.74, 6) is 0. The van der Waals surface area contributed by atoms with E-state index in [9.17, 15) is 0 Å². The Balaban J connectivity index is 0.000000490. The zero-order valence-corrected chi connectivity index (χ0v) is 25.6. The predicted octanol–water partition coefficient (Wildman–Crippen LogP) is 1.58. The summed E-state index contributed by atoms with van der Waals surface area (Å²) in [5.41, 5.74) is 8.14. The van der Waals surface area contributed by atoms with E-state index in [4.69, 9.17) is 0 Å². The second-order valence-electron chi connectivity index (χ2n) is 7.50. The number of hydrogen-bond acceptors (Lipinski definition) is 0. The molecule has 0 bridgehead atoms.